The SMILES string of the molecule is CN(C)c1cc(C(C)(C)C)cc(C(C)(C)C)c1[S-].CN(C)c1cc(C(C)(C)C)cc(C(C)(C)C)c1[S-].[Cl-].[Cl-].[Zr+4]. The molecule has 7 heteroatoms. The van der Waals surface area contributed by atoms with Crippen LogP contribution >= 0.6 is 0 Å². The Morgan fingerprint density at radius 1 is 0.462 bits per heavy atom. The molecular weight excluding hydrogens is 639 g/mol. The summed E-state index contributed by atoms with van der Waals surface area (Å²) in [7, 11) is 8.24. The molecule has 0 spiro atoms. The van der Waals surface area contributed by atoms with E-state index in [4.69, 9.17) is 25.3 Å². The first-order chi connectivity index (χ1) is 15.9. The molecule has 0 aliphatic rings. The molecule has 0 aliphatic heterocycles. The molecule has 0 aromatic heterocycles. The van der Waals surface area contributed by atoms with Crippen LogP contribution in [0.5, 0.6) is 0 Å². The van der Waals surface area contributed by atoms with Gasteiger partial charge < -0.3 is 59.9 Å². The maximum absolute atomic E-state index is 5.66. The molecule has 220 valence electrons. The van der Waals surface area contributed by atoms with Gasteiger partial charge in [0.05, 0.1) is 0 Å². The van der Waals surface area contributed by atoms with Gasteiger partial charge in [-0.2, -0.15) is 0 Å². The summed E-state index contributed by atoms with van der Waals surface area (Å²) in [6.45, 7) is 26.8. The van der Waals surface area contributed by atoms with Gasteiger partial charge in [0.15, 0.2) is 0 Å². The molecular formula is C32H52Cl2N2S2Zr. The molecule has 0 heterocycles. The van der Waals surface area contributed by atoms with E-state index in [2.05, 4.69) is 145 Å². The second-order valence-corrected chi connectivity index (χ2v) is 15.3. The minimum absolute atomic E-state index is 0. The second-order valence-electron chi connectivity index (χ2n) is 14.5. The second kappa shape index (κ2) is 15.4. The number of halogens is 2. The number of hydrogen-bond acceptors (Lipinski definition) is 4. The molecule has 0 fully saturated rings. The van der Waals surface area contributed by atoms with Crippen molar-refractivity contribution in [1.29, 1.82) is 0 Å². The van der Waals surface area contributed by atoms with Gasteiger partial charge in [0, 0.05) is 39.6 Å². The van der Waals surface area contributed by atoms with Crippen LogP contribution in [0.15, 0.2) is 34.1 Å². The quantitative estimate of drug-likeness (QED) is 0.447. The third-order valence-corrected chi connectivity index (χ3v) is 7.31. The molecule has 2 aromatic carbocycles. The Balaban J connectivity index is -0.000000617. The molecule has 0 saturated heterocycles. The molecule has 2 nitrogen and oxygen atoms in total. The van der Waals surface area contributed by atoms with Crippen molar-refractivity contribution in [2.75, 3.05) is 38.0 Å². The molecule has 2 aromatic rings. The Labute approximate surface area is 284 Å². The molecule has 2 rings (SSSR count). The van der Waals surface area contributed by atoms with Crippen molar-refractivity contribution in [3.63, 3.8) is 0 Å². The normalized spacial score (nSPS) is 11.7. The third-order valence-electron chi connectivity index (χ3n) is 6.45. The van der Waals surface area contributed by atoms with E-state index in [0.29, 0.717) is 0 Å². The van der Waals surface area contributed by atoms with Crippen molar-refractivity contribution in [1.82, 2.24) is 0 Å². The van der Waals surface area contributed by atoms with Crippen molar-refractivity contribution in [2.45, 2.75) is 115 Å². The molecule has 0 aliphatic carbocycles. The topological polar surface area (TPSA) is 6.48 Å². The van der Waals surface area contributed by atoms with Crippen LogP contribution in [0.4, 0.5) is 11.4 Å². The number of rotatable bonds is 2. The van der Waals surface area contributed by atoms with E-state index in [1.807, 2.05) is 0 Å². The maximum atomic E-state index is 5.66. The third kappa shape index (κ3) is 12.0. The summed E-state index contributed by atoms with van der Waals surface area (Å²) in [4.78, 5) is 6.21. The summed E-state index contributed by atoms with van der Waals surface area (Å²) in [6, 6.07) is 9.04. The minimum Gasteiger partial charge on any atom is -1.00 e. The summed E-state index contributed by atoms with van der Waals surface area (Å²) in [5, 5.41) is 0. The predicted molar refractivity (Wildman–Crippen MR) is 168 cm³/mol. The minimum atomic E-state index is 0. The Hall–Kier alpha value is -0.0569. The van der Waals surface area contributed by atoms with Crippen molar-refractivity contribution in [2.24, 2.45) is 0 Å². The molecule has 0 radical (unpaired) electrons. The van der Waals surface area contributed by atoms with Crippen LogP contribution in [-0.4, -0.2) is 28.2 Å². The zero-order chi connectivity index (χ0) is 28.6. The van der Waals surface area contributed by atoms with Crippen molar-refractivity contribution in [3.05, 3.63) is 46.5 Å². The predicted octanol–water partition coefficient (Wildman–Crippen LogP) is 2.51. The van der Waals surface area contributed by atoms with E-state index in [9.17, 15) is 0 Å². The van der Waals surface area contributed by atoms with E-state index in [-0.39, 0.29) is 72.7 Å². The molecule has 0 saturated carbocycles. The summed E-state index contributed by atoms with van der Waals surface area (Å²) < 4.78 is 0. The van der Waals surface area contributed by atoms with Gasteiger partial charge in [0.1, 0.15) is 0 Å². The molecule has 0 amide bonds. The molecule has 0 atom stereocenters. The van der Waals surface area contributed by atoms with Crippen molar-refractivity contribution >= 4 is 36.6 Å². The smallest absolute Gasteiger partial charge is 1.00 e. The van der Waals surface area contributed by atoms with Gasteiger partial charge in [0.25, 0.3) is 0 Å². The summed E-state index contributed by atoms with van der Waals surface area (Å²) in [5.74, 6) is 0. The van der Waals surface area contributed by atoms with Gasteiger partial charge in [-0.15, -0.1) is 9.79 Å². The monoisotopic (exact) mass is 688 g/mol. The fourth-order valence-electron chi connectivity index (χ4n) is 3.87. The Kier molecular flexibility index (Phi) is 17.2. The zero-order valence-corrected chi connectivity index (χ0v) is 32.9. The number of benzene rings is 2. The first-order valence-electron chi connectivity index (χ1n) is 13.0. The van der Waals surface area contributed by atoms with E-state index < -0.39 is 0 Å². The van der Waals surface area contributed by atoms with Gasteiger partial charge in [-0.1, -0.05) is 106 Å². The molecule has 0 N–H and O–H groups in total. The summed E-state index contributed by atoms with van der Waals surface area (Å²) in [5.41, 5.74) is 8.02. The van der Waals surface area contributed by atoms with Crippen molar-refractivity contribution < 1.29 is 51.0 Å². The molecule has 0 bridgehead atoms. The van der Waals surface area contributed by atoms with Crippen molar-refractivity contribution in [3.8, 4) is 0 Å². The van der Waals surface area contributed by atoms with E-state index in [1.165, 1.54) is 22.3 Å². The Morgan fingerprint density at radius 3 is 0.846 bits per heavy atom. The van der Waals surface area contributed by atoms with Crippen LogP contribution < -0.4 is 34.6 Å². The average molecular weight is 691 g/mol. The van der Waals surface area contributed by atoms with Crippen LogP contribution in [-0.2, 0) is 73.1 Å². The van der Waals surface area contributed by atoms with Crippen LogP contribution in [0.1, 0.15) is 105 Å². The Bertz CT molecular complexity index is 971. The van der Waals surface area contributed by atoms with Gasteiger partial charge in [0.2, 0.25) is 0 Å². The van der Waals surface area contributed by atoms with E-state index >= 15 is 0 Å². The van der Waals surface area contributed by atoms with Gasteiger partial charge >= 0.3 is 26.2 Å². The standard InChI is InChI=1S/2C16H27NS.2ClH.Zr/c2*1-15(2,3)11-9-12(16(4,5)6)14(18)13(10-11)17(7)8;;;/h2*9-10,18H,1-8H3;2*1H;/q;;;;+4/p-4. The van der Waals surface area contributed by atoms with E-state index in [0.717, 1.165) is 21.2 Å². The fourth-order valence-corrected chi connectivity index (χ4v) is 5.08. The number of nitrogens with zero attached hydrogens (tertiary/aromatic N) is 2. The van der Waals surface area contributed by atoms with E-state index in [1.54, 1.807) is 0 Å². The van der Waals surface area contributed by atoms with Gasteiger partial charge in [-0.25, -0.2) is 0 Å². The first-order valence-corrected chi connectivity index (χ1v) is 13.8. The number of anilines is 2. The van der Waals surface area contributed by atoms with Gasteiger partial charge in [-0.05, 0) is 44.9 Å². The van der Waals surface area contributed by atoms with Gasteiger partial charge in [-0.3, -0.25) is 0 Å². The summed E-state index contributed by atoms with van der Waals surface area (Å²) >= 11 is 11.3. The van der Waals surface area contributed by atoms with Crippen LogP contribution in [0.3, 0.4) is 0 Å². The first kappa shape index (κ1) is 43.4. The maximum Gasteiger partial charge on any atom is 4.00 e. The zero-order valence-electron chi connectivity index (χ0n) is 27.3. The molecule has 39 heavy (non-hydrogen) atoms. The fraction of sp³-hybridized carbons (Fsp3) is 0.625. The van der Waals surface area contributed by atoms with Crippen LogP contribution in [0.25, 0.3) is 0 Å². The summed E-state index contributed by atoms with van der Waals surface area (Å²) in [6.07, 6.45) is 0. The van der Waals surface area contributed by atoms with Crippen LogP contribution in [0, 0.1) is 0 Å². The number of hydrogen-bond donors (Lipinski definition) is 0. The van der Waals surface area contributed by atoms with Crippen LogP contribution in [0.2, 0.25) is 0 Å². The largest absolute Gasteiger partial charge is 4.00 e. The molecule has 0 unspecified atom stereocenters. The Morgan fingerprint density at radius 2 is 0.692 bits per heavy atom. The average Bonchev–Trinajstić information content (AvgIpc) is 2.64.